The maximum absolute atomic E-state index is 6.15. The molecule has 0 unspecified atom stereocenters. The van der Waals surface area contributed by atoms with Crippen LogP contribution in [0.3, 0.4) is 0 Å². The van der Waals surface area contributed by atoms with Gasteiger partial charge in [0.25, 0.3) is 0 Å². The second-order valence-electron chi connectivity index (χ2n) is 5.77. The Bertz CT molecular complexity index is 585. The van der Waals surface area contributed by atoms with Gasteiger partial charge in [-0.05, 0) is 45.4 Å². The number of hydrogen-bond acceptors (Lipinski definition) is 3. The molecule has 3 rings (SSSR count). The highest BCUT2D eigenvalue weighted by Crippen LogP contribution is 2.25. The third kappa shape index (κ3) is 2.79. The summed E-state index contributed by atoms with van der Waals surface area (Å²) >= 11 is 0. The highest BCUT2D eigenvalue weighted by atomic mass is 16.5. The molecule has 20 heavy (non-hydrogen) atoms. The van der Waals surface area contributed by atoms with Gasteiger partial charge in [-0.3, -0.25) is 0 Å². The van der Waals surface area contributed by atoms with E-state index in [-0.39, 0.29) is 0 Å². The van der Waals surface area contributed by atoms with Crippen LogP contribution in [0.25, 0.3) is 5.65 Å². The molecule has 0 radical (unpaired) electrons. The van der Waals surface area contributed by atoms with Gasteiger partial charge in [0.05, 0.1) is 5.69 Å². The highest BCUT2D eigenvalue weighted by molar-refractivity contribution is 5.43. The Hall–Kier alpha value is -1.58. The maximum Gasteiger partial charge on any atom is 0.218 e. The highest BCUT2D eigenvalue weighted by Gasteiger charge is 2.19. The van der Waals surface area contributed by atoms with E-state index < -0.39 is 0 Å². The van der Waals surface area contributed by atoms with Crippen molar-refractivity contribution >= 4 is 5.65 Å². The van der Waals surface area contributed by atoms with Crippen LogP contribution in [0.15, 0.2) is 12.1 Å². The summed E-state index contributed by atoms with van der Waals surface area (Å²) in [6.07, 6.45) is 8.59. The van der Waals surface area contributed by atoms with Crippen LogP contribution < -0.4 is 4.74 Å². The molecule has 0 aliphatic heterocycles. The van der Waals surface area contributed by atoms with E-state index in [2.05, 4.69) is 23.1 Å². The largest absolute Gasteiger partial charge is 0.474 e. The van der Waals surface area contributed by atoms with Gasteiger partial charge in [-0.25, -0.2) is 4.98 Å². The lowest BCUT2D eigenvalue weighted by Crippen LogP contribution is -2.14. The molecule has 2 aromatic heterocycles. The lowest BCUT2D eigenvalue weighted by molar-refractivity contribution is 0.196. The van der Waals surface area contributed by atoms with Crippen LogP contribution in [-0.2, 0) is 6.42 Å². The molecule has 4 nitrogen and oxygen atoms in total. The summed E-state index contributed by atoms with van der Waals surface area (Å²) in [6.45, 7) is 4.22. The summed E-state index contributed by atoms with van der Waals surface area (Å²) in [6, 6.07) is 4.09. The lowest BCUT2D eigenvalue weighted by Gasteiger charge is -2.14. The molecule has 2 heterocycles. The fourth-order valence-electron chi connectivity index (χ4n) is 2.85. The number of hydrogen-bond donors (Lipinski definition) is 0. The van der Waals surface area contributed by atoms with E-state index in [1.807, 2.05) is 17.5 Å². The predicted molar refractivity (Wildman–Crippen MR) is 79.2 cm³/mol. The molecular formula is C16H23N3O. The Kier molecular flexibility index (Phi) is 3.90. The number of ether oxygens (including phenoxy) is 1. The molecule has 0 spiro atoms. The molecule has 0 amide bonds. The van der Waals surface area contributed by atoms with Crippen molar-refractivity contribution in [2.45, 2.75) is 64.9 Å². The van der Waals surface area contributed by atoms with E-state index >= 15 is 0 Å². The molecule has 0 saturated heterocycles. The molecular weight excluding hydrogens is 250 g/mol. The minimum Gasteiger partial charge on any atom is -0.474 e. The van der Waals surface area contributed by atoms with Gasteiger partial charge in [-0.2, -0.15) is 9.61 Å². The van der Waals surface area contributed by atoms with Crippen molar-refractivity contribution in [3.63, 3.8) is 0 Å². The molecule has 1 aliphatic rings. The topological polar surface area (TPSA) is 39.4 Å². The van der Waals surface area contributed by atoms with Crippen LogP contribution in [0.5, 0.6) is 5.88 Å². The summed E-state index contributed by atoms with van der Waals surface area (Å²) in [7, 11) is 0. The average molecular weight is 273 g/mol. The van der Waals surface area contributed by atoms with Crippen LogP contribution in [0.4, 0.5) is 0 Å². The van der Waals surface area contributed by atoms with Crippen molar-refractivity contribution in [1.29, 1.82) is 0 Å². The second kappa shape index (κ2) is 5.81. The Morgan fingerprint density at radius 1 is 1.30 bits per heavy atom. The Labute approximate surface area is 120 Å². The van der Waals surface area contributed by atoms with Crippen LogP contribution in [0, 0.1) is 6.92 Å². The smallest absolute Gasteiger partial charge is 0.218 e. The van der Waals surface area contributed by atoms with Gasteiger partial charge in [0.1, 0.15) is 6.10 Å². The van der Waals surface area contributed by atoms with Gasteiger partial charge in [0.15, 0.2) is 5.65 Å². The third-order valence-corrected chi connectivity index (χ3v) is 3.95. The standard InChI is InChI=1S/C16H23N3O/c1-3-4-7-13-11-15-17-12(2)10-16(19(15)18-13)20-14-8-5-6-9-14/h10-11,14H,3-9H2,1-2H3. The number of fused-ring (bicyclic) bond motifs is 1. The summed E-state index contributed by atoms with van der Waals surface area (Å²) < 4.78 is 8.02. The number of unbranched alkanes of at least 4 members (excludes halogenated alkanes) is 1. The van der Waals surface area contributed by atoms with Gasteiger partial charge in [0, 0.05) is 17.8 Å². The molecule has 0 bridgehead atoms. The van der Waals surface area contributed by atoms with Crippen molar-refractivity contribution in [3.8, 4) is 5.88 Å². The van der Waals surface area contributed by atoms with E-state index in [0.29, 0.717) is 6.10 Å². The van der Waals surface area contributed by atoms with Gasteiger partial charge in [0.2, 0.25) is 5.88 Å². The van der Waals surface area contributed by atoms with Crippen molar-refractivity contribution in [2.24, 2.45) is 0 Å². The minimum atomic E-state index is 0.350. The molecule has 108 valence electrons. The van der Waals surface area contributed by atoms with Crippen LogP contribution in [0.1, 0.15) is 56.8 Å². The number of aromatic nitrogens is 3. The van der Waals surface area contributed by atoms with Crippen LogP contribution in [0.2, 0.25) is 0 Å². The van der Waals surface area contributed by atoms with Crippen molar-refractivity contribution in [3.05, 3.63) is 23.5 Å². The average Bonchev–Trinajstić information content (AvgIpc) is 3.05. The van der Waals surface area contributed by atoms with Crippen molar-refractivity contribution in [2.75, 3.05) is 0 Å². The number of aryl methyl sites for hydroxylation is 2. The lowest BCUT2D eigenvalue weighted by atomic mass is 10.2. The molecule has 1 saturated carbocycles. The van der Waals surface area contributed by atoms with Gasteiger partial charge in [-0.1, -0.05) is 13.3 Å². The summed E-state index contributed by atoms with van der Waals surface area (Å²) in [5, 5.41) is 4.66. The Morgan fingerprint density at radius 3 is 2.85 bits per heavy atom. The van der Waals surface area contributed by atoms with E-state index in [1.54, 1.807) is 0 Å². The van der Waals surface area contributed by atoms with E-state index in [9.17, 15) is 0 Å². The third-order valence-electron chi connectivity index (χ3n) is 3.95. The van der Waals surface area contributed by atoms with Gasteiger partial charge < -0.3 is 4.74 Å². The SMILES string of the molecule is CCCCc1cc2nc(C)cc(OC3CCCC3)n2n1. The normalized spacial score (nSPS) is 16.1. The fraction of sp³-hybridized carbons (Fsp3) is 0.625. The van der Waals surface area contributed by atoms with Gasteiger partial charge >= 0.3 is 0 Å². The fourth-order valence-corrected chi connectivity index (χ4v) is 2.85. The summed E-state index contributed by atoms with van der Waals surface area (Å²) in [4.78, 5) is 4.56. The zero-order valence-electron chi connectivity index (χ0n) is 12.4. The quantitative estimate of drug-likeness (QED) is 0.833. The number of nitrogens with zero attached hydrogens (tertiary/aromatic N) is 3. The van der Waals surface area contributed by atoms with E-state index in [4.69, 9.17) is 4.74 Å². The molecule has 0 aromatic carbocycles. The monoisotopic (exact) mass is 273 g/mol. The first kappa shape index (κ1) is 13.4. The van der Waals surface area contributed by atoms with Crippen molar-refractivity contribution in [1.82, 2.24) is 14.6 Å². The molecule has 1 fully saturated rings. The van der Waals surface area contributed by atoms with Crippen LogP contribution in [-0.4, -0.2) is 20.7 Å². The molecule has 1 aliphatic carbocycles. The Balaban J connectivity index is 1.90. The van der Waals surface area contributed by atoms with E-state index in [1.165, 1.54) is 25.7 Å². The molecule has 4 heteroatoms. The van der Waals surface area contributed by atoms with Crippen molar-refractivity contribution < 1.29 is 4.74 Å². The minimum absolute atomic E-state index is 0.350. The number of rotatable bonds is 5. The summed E-state index contributed by atoms with van der Waals surface area (Å²) in [5.74, 6) is 0.849. The first-order valence-electron chi connectivity index (χ1n) is 7.79. The van der Waals surface area contributed by atoms with Crippen LogP contribution >= 0.6 is 0 Å². The second-order valence-corrected chi connectivity index (χ2v) is 5.77. The molecule has 2 aromatic rings. The van der Waals surface area contributed by atoms with E-state index in [0.717, 1.165) is 42.2 Å². The maximum atomic E-state index is 6.15. The first-order valence-corrected chi connectivity index (χ1v) is 7.79. The zero-order chi connectivity index (χ0) is 13.9. The molecule has 0 N–H and O–H groups in total. The first-order chi connectivity index (χ1) is 9.76. The predicted octanol–water partition coefficient (Wildman–Crippen LogP) is 3.70. The molecule has 0 atom stereocenters. The van der Waals surface area contributed by atoms with Gasteiger partial charge in [-0.15, -0.1) is 0 Å². The zero-order valence-corrected chi connectivity index (χ0v) is 12.4. The summed E-state index contributed by atoms with van der Waals surface area (Å²) in [5.41, 5.74) is 3.01. The Morgan fingerprint density at radius 2 is 2.10 bits per heavy atom.